The number of ether oxygens (including phenoxy) is 1. The largest absolute Gasteiger partial charge is 0.496 e. The van der Waals surface area contributed by atoms with Crippen LogP contribution >= 0.6 is 0 Å². The fourth-order valence-corrected chi connectivity index (χ4v) is 1.75. The summed E-state index contributed by atoms with van der Waals surface area (Å²) in [4.78, 5) is 12.2. The molecular formula is C13H18FN3O3. The second-order valence-electron chi connectivity index (χ2n) is 4.54. The summed E-state index contributed by atoms with van der Waals surface area (Å²) in [5.74, 6) is -1.56. The van der Waals surface area contributed by atoms with Crippen molar-refractivity contribution in [1.29, 1.82) is 0 Å². The van der Waals surface area contributed by atoms with Gasteiger partial charge in [-0.2, -0.15) is 0 Å². The minimum Gasteiger partial charge on any atom is -0.496 e. The molecule has 0 saturated carbocycles. The average Bonchev–Trinajstić information content (AvgIpc) is 2.42. The zero-order valence-electron chi connectivity index (χ0n) is 11.6. The molecule has 0 aromatic heterocycles. The lowest BCUT2D eigenvalue weighted by molar-refractivity contribution is 0.0931. The molecule has 1 unspecified atom stereocenters. The van der Waals surface area contributed by atoms with E-state index in [1.807, 2.05) is 0 Å². The van der Waals surface area contributed by atoms with E-state index in [4.69, 9.17) is 15.7 Å². The van der Waals surface area contributed by atoms with Gasteiger partial charge in [-0.3, -0.25) is 4.79 Å². The van der Waals surface area contributed by atoms with E-state index in [0.29, 0.717) is 0 Å². The van der Waals surface area contributed by atoms with Gasteiger partial charge in [-0.25, -0.2) is 4.39 Å². The molecule has 0 fully saturated rings. The molecular weight excluding hydrogens is 265 g/mol. The molecule has 0 aliphatic heterocycles. The van der Waals surface area contributed by atoms with Crippen LogP contribution in [0.3, 0.4) is 0 Å². The van der Waals surface area contributed by atoms with Crippen LogP contribution in [0, 0.1) is 11.7 Å². The van der Waals surface area contributed by atoms with Crippen LogP contribution in [0.5, 0.6) is 5.75 Å². The molecule has 7 heteroatoms. The molecule has 1 aromatic rings. The van der Waals surface area contributed by atoms with E-state index in [2.05, 4.69) is 10.5 Å². The number of hydrogen-bond acceptors (Lipinski definition) is 4. The normalized spacial score (nSPS) is 13.2. The summed E-state index contributed by atoms with van der Waals surface area (Å²) >= 11 is 0. The van der Waals surface area contributed by atoms with E-state index >= 15 is 0 Å². The number of rotatable bonds is 5. The van der Waals surface area contributed by atoms with Crippen molar-refractivity contribution in [2.45, 2.75) is 19.9 Å². The SMILES string of the molecule is COc1cccc(F)c1C(=O)NC(C(N)=NO)C(C)C. The summed E-state index contributed by atoms with van der Waals surface area (Å²) < 4.78 is 18.7. The summed E-state index contributed by atoms with van der Waals surface area (Å²) in [5, 5.41) is 14.1. The predicted molar refractivity (Wildman–Crippen MR) is 72.5 cm³/mol. The van der Waals surface area contributed by atoms with Crippen molar-refractivity contribution in [2.24, 2.45) is 16.8 Å². The quantitative estimate of drug-likeness (QED) is 0.329. The van der Waals surface area contributed by atoms with E-state index in [0.717, 1.165) is 6.07 Å². The van der Waals surface area contributed by atoms with Crippen LogP contribution in [0.15, 0.2) is 23.4 Å². The number of oxime groups is 1. The lowest BCUT2D eigenvalue weighted by atomic mass is 10.0. The first-order valence-corrected chi connectivity index (χ1v) is 6.03. The Morgan fingerprint density at radius 2 is 2.15 bits per heavy atom. The molecule has 0 aliphatic carbocycles. The van der Waals surface area contributed by atoms with Gasteiger partial charge in [-0.1, -0.05) is 25.1 Å². The maximum Gasteiger partial charge on any atom is 0.258 e. The lowest BCUT2D eigenvalue weighted by Gasteiger charge is -2.21. The summed E-state index contributed by atoms with van der Waals surface area (Å²) in [6, 6.07) is 3.36. The fourth-order valence-electron chi connectivity index (χ4n) is 1.75. The molecule has 4 N–H and O–H groups in total. The Morgan fingerprint density at radius 3 is 2.65 bits per heavy atom. The topological polar surface area (TPSA) is 96.9 Å². The highest BCUT2D eigenvalue weighted by Gasteiger charge is 2.25. The van der Waals surface area contributed by atoms with E-state index in [-0.39, 0.29) is 23.1 Å². The van der Waals surface area contributed by atoms with E-state index in [1.54, 1.807) is 13.8 Å². The standard InChI is InChI=1S/C13H18FN3O3/c1-7(2)11(12(15)17-19)16-13(18)10-8(14)5-4-6-9(10)20-3/h4-7,11,19H,1-3H3,(H2,15,17)(H,16,18). The molecule has 1 aromatic carbocycles. The number of nitrogens with one attached hydrogen (secondary N) is 1. The van der Waals surface area contributed by atoms with Crippen molar-refractivity contribution in [3.63, 3.8) is 0 Å². The van der Waals surface area contributed by atoms with Gasteiger partial charge in [0, 0.05) is 0 Å². The van der Waals surface area contributed by atoms with Crippen LogP contribution < -0.4 is 15.8 Å². The Labute approximate surface area is 116 Å². The van der Waals surface area contributed by atoms with Crippen molar-refractivity contribution < 1.29 is 19.1 Å². The summed E-state index contributed by atoms with van der Waals surface area (Å²) in [6.07, 6.45) is 0. The molecule has 1 atom stereocenters. The number of carbonyl (C=O) groups is 1. The molecule has 0 bridgehead atoms. The molecule has 0 heterocycles. The third-order valence-electron chi connectivity index (χ3n) is 2.81. The molecule has 1 amide bonds. The Balaban J connectivity index is 3.07. The maximum atomic E-state index is 13.8. The number of hydrogen-bond donors (Lipinski definition) is 3. The van der Waals surface area contributed by atoms with Gasteiger partial charge >= 0.3 is 0 Å². The number of amides is 1. The van der Waals surface area contributed by atoms with Crippen molar-refractivity contribution >= 4 is 11.7 Å². The Kier molecular flexibility index (Phi) is 5.31. The number of nitrogens with two attached hydrogens (primary N) is 1. The van der Waals surface area contributed by atoms with Crippen LogP contribution in [0.2, 0.25) is 0 Å². The van der Waals surface area contributed by atoms with Crippen molar-refractivity contribution in [2.75, 3.05) is 7.11 Å². The number of methoxy groups -OCH3 is 1. The minimum absolute atomic E-state index is 0.115. The third-order valence-corrected chi connectivity index (χ3v) is 2.81. The monoisotopic (exact) mass is 283 g/mol. The second kappa shape index (κ2) is 6.74. The van der Waals surface area contributed by atoms with Crippen LogP contribution in [-0.2, 0) is 0 Å². The first-order chi connectivity index (χ1) is 9.42. The van der Waals surface area contributed by atoms with E-state index in [9.17, 15) is 9.18 Å². The number of halogens is 1. The molecule has 1 rings (SSSR count). The van der Waals surface area contributed by atoms with E-state index < -0.39 is 17.8 Å². The molecule has 0 radical (unpaired) electrons. The first kappa shape index (κ1) is 15.7. The zero-order valence-corrected chi connectivity index (χ0v) is 11.6. The maximum absolute atomic E-state index is 13.8. The average molecular weight is 283 g/mol. The van der Waals surface area contributed by atoms with Gasteiger partial charge in [-0.05, 0) is 18.1 Å². The Hall–Kier alpha value is -2.31. The van der Waals surface area contributed by atoms with Gasteiger partial charge < -0.3 is 21.0 Å². The molecule has 0 aliphatic rings. The van der Waals surface area contributed by atoms with Gasteiger partial charge in [0.15, 0.2) is 5.84 Å². The fraction of sp³-hybridized carbons (Fsp3) is 0.385. The Bertz CT molecular complexity index is 518. The second-order valence-corrected chi connectivity index (χ2v) is 4.54. The highest BCUT2D eigenvalue weighted by molar-refractivity contribution is 6.00. The summed E-state index contributed by atoms with van der Waals surface area (Å²) in [6.45, 7) is 3.56. The van der Waals surface area contributed by atoms with Crippen molar-refractivity contribution in [3.05, 3.63) is 29.6 Å². The number of nitrogens with zero attached hydrogens (tertiary/aromatic N) is 1. The molecule has 0 saturated heterocycles. The van der Waals surface area contributed by atoms with Crippen LogP contribution in [0.4, 0.5) is 4.39 Å². The highest BCUT2D eigenvalue weighted by atomic mass is 19.1. The minimum atomic E-state index is -0.711. The zero-order chi connectivity index (χ0) is 15.3. The first-order valence-electron chi connectivity index (χ1n) is 6.03. The van der Waals surface area contributed by atoms with Crippen LogP contribution in [-0.4, -0.2) is 30.1 Å². The number of amidine groups is 1. The number of carbonyl (C=O) groups excluding carboxylic acids is 1. The highest BCUT2D eigenvalue weighted by Crippen LogP contribution is 2.21. The molecule has 6 nitrogen and oxygen atoms in total. The number of benzene rings is 1. The van der Waals surface area contributed by atoms with Gasteiger partial charge in [0.1, 0.15) is 17.1 Å². The van der Waals surface area contributed by atoms with Crippen LogP contribution in [0.1, 0.15) is 24.2 Å². The predicted octanol–water partition coefficient (Wildman–Crippen LogP) is 1.34. The van der Waals surface area contributed by atoms with Gasteiger partial charge in [0.25, 0.3) is 5.91 Å². The van der Waals surface area contributed by atoms with Gasteiger partial charge in [0.2, 0.25) is 0 Å². The third kappa shape index (κ3) is 3.37. The molecule has 20 heavy (non-hydrogen) atoms. The van der Waals surface area contributed by atoms with Gasteiger partial charge in [-0.15, -0.1) is 0 Å². The van der Waals surface area contributed by atoms with Gasteiger partial charge in [0.05, 0.1) is 13.2 Å². The van der Waals surface area contributed by atoms with E-state index in [1.165, 1.54) is 19.2 Å². The van der Waals surface area contributed by atoms with Crippen molar-refractivity contribution in [3.8, 4) is 5.75 Å². The van der Waals surface area contributed by atoms with Crippen LogP contribution in [0.25, 0.3) is 0 Å². The lowest BCUT2D eigenvalue weighted by Crippen LogP contribution is -2.48. The molecule has 0 spiro atoms. The Morgan fingerprint density at radius 1 is 1.50 bits per heavy atom. The van der Waals surface area contributed by atoms with Crippen molar-refractivity contribution in [1.82, 2.24) is 5.32 Å². The smallest absolute Gasteiger partial charge is 0.258 e. The summed E-state index contributed by atoms with van der Waals surface area (Å²) in [5.41, 5.74) is 5.30. The summed E-state index contributed by atoms with van der Waals surface area (Å²) in [7, 11) is 1.34. The molecule has 110 valence electrons.